The van der Waals surface area contributed by atoms with Gasteiger partial charge in [0.1, 0.15) is 0 Å². The average Bonchev–Trinajstić information content (AvgIpc) is 2.88. The predicted molar refractivity (Wildman–Crippen MR) is 72.1 cm³/mol. The number of ketones is 1. The minimum atomic E-state index is 0.0644. The van der Waals surface area contributed by atoms with Crippen LogP contribution in [0.15, 0.2) is 36.0 Å². The molecule has 0 aliphatic heterocycles. The molecule has 0 fully saturated rings. The van der Waals surface area contributed by atoms with Crippen LogP contribution in [0.5, 0.6) is 0 Å². The van der Waals surface area contributed by atoms with Crippen molar-refractivity contribution in [3.8, 4) is 0 Å². The van der Waals surface area contributed by atoms with E-state index in [0.717, 1.165) is 10.4 Å². The van der Waals surface area contributed by atoms with Crippen molar-refractivity contribution < 1.29 is 4.79 Å². The number of thiophene rings is 2. The molecule has 84 valence electrons. The van der Waals surface area contributed by atoms with E-state index in [4.69, 9.17) is 0 Å². The van der Waals surface area contributed by atoms with E-state index in [2.05, 4.69) is 11.1 Å². The Hall–Kier alpha value is -1.52. The number of aryl methyl sites for hydroxylation is 1. The van der Waals surface area contributed by atoms with Crippen molar-refractivity contribution in [1.29, 1.82) is 0 Å². The first-order valence-electron chi connectivity index (χ1n) is 5.17. The predicted octanol–water partition coefficient (Wildman–Crippen LogP) is 3.90. The number of carbonyl (C=O) groups is 1. The van der Waals surface area contributed by atoms with Gasteiger partial charge >= 0.3 is 0 Å². The zero-order valence-corrected chi connectivity index (χ0v) is 10.8. The summed E-state index contributed by atoms with van der Waals surface area (Å²) in [4.78, 5) is 17.1. The molecule has 0 aliphatic carbocycles. The summed E-state index contributed by atoms with van der Waals surface area (Å²) in [5.74, 6) is 0.0644. The van der Waals surface area contributed by atoms with E-state index < -0.39 is 0 Å². The van der Waals surface area contributed by atoms with Crippen LogP contribution >= 0.6 is 22.7 Å². The molecule has 3 rings (SSSR count). The van der Waals surface area contributed by atoms with E-state index in [0.29, 0.717) is 5.56 Å². The highest BCUT2D eigenvalue weighted by atomic mass is 32.1. The van der Waals surface area contributed by atoms with Crippen LogP contribution in [0, 0.1) is 6.92 Å². The summed E-state index contributed by atoms with van der Waals surface area (Å²) in [5, 5.41) is 2.05. The van der Waals surface area contributed by atoms with Crippen molar-refractivity contribution in [2.75, 3.05) is 0 Å². The number of hydrogen-bond acceptors (Lipinski definition) is 4. The molecule has 0 bridgehead atoms. The molecule has 17 heavy (non-hydrogen) atoms. The van der Waals surface area contributed by atoms with Crippen LogP contribution in [0.3, 0.4) is 0 Å². The van der Waals surface area contributed by atoms with Crippen LogP contribution in [-0.2, 0) is 0 Å². The summed E-state index contributed by atoms with van der Waals surface area (Å²) < 4.78 is 2.36. The molecule has 0 amide bonds. The van der Waals surface area contributed by atoms with Crippen molar-refractivity contribution >= 4 is 37.9 Å². The second-order valence-electron chi connectivity index (χ2n) is 3.84. The fourth-order valence-electron chi connectivity index (χ4n) is 1.70. The summed E-state index contributed by atoms with van der Waals surface area (Å²) in [6.07, 6.45) is 3.38. The molecule has 0 N–H and O–H groups in total. The molecule has 0 aromatic carbocycles. The SMILES string of the molecule is Cc1cncc(C(=O)c2cc3sccc3s2)c1. The Bertz CT molecular complexity index is 668. The Morgan fingerprint density at radius 1 is 1.24 bits per heavy atom. The molecule has 0 unspecified atom stereocenters. The average molecular weight is 259 g/mol. The first-order chi connectivity index (χ1) is 8.24. The minimum Gasteiger partial charge on any atom is -0.288 e. The zero-order valence-electron chi connectivity index (χ0n) is 9.14. The maximum atomic E-state index is 12.2. The lowest BCUT2D eigenvalue weighted by atomic mass is 10.1. The van der Waals surface area contributed by atoms with E-state index in [1.807, 2.05) is 24.4 Å². The molecule has 0 aliphatic rings. The Balaban J connectivity index is 2.04. The number of fused-ring (bicyclic) bond motifs is 1. The van der Waals surface area contributed by atoms with Crippen LogP contribution in [0.2, 0.25) is 0 Å². The second kappa shape index (κ2) is 4.05. The molecule has 0 saturated heterocycles. The smallest absolute Gasteiger partial charge is 0.204 e. The number of nitrogens with zero attached hydrogens (tertiary/aromatic N) is 1. The summed E-state index contributed by atoms with van der Waals surface area (Å²) in [5.41, 5.74) is 1.67. The number of carbonyl (C=O) groups excluding carboxylic acids is 1. The van der Waals surface area contributed by atoms with Gasteiger partial charge in [-0.05, 0) is 36.1 Å². The molecule has 3 aromatic rings. The topological polar surface area (TPSA) is 30.0 Å². The van der Waals surface area contributed by atoms with Crippen molar-refractivity contribution in [3.05, 3.63) is 52.0 Å². The lowest BCUT2D eigenvalue weighted by Gasteiger charge is -1.98. The molecule has 3 heterocycles. The number of hydrogen-bond donors (Lipinski definition) is 0. The first kappa shape index (κ1) is 10.6. The molecular formula is C13H9NOS2. The first-order valence-corrected chi connectivity index (χ1v) is 6.87. The van der Waals surface area contributed by atoms with Crippen molar-refractivity contribution in [3.63, 3.8) is 0 Å². The molecule has 4 heteroatoms. The third kappa shape index (κ3) is 1.90. The zero-order chi connectivity index (χ0) is 11.8. The van der Waals surface area contributed by atoms with Crippen LogP contribution in [0.25, 0.3) is 9.40 Å². The molecule has 0 radical (unpaired) electrons. The molecule has 0 atom stereocenters. The van der Waals surface area contributed by atoms with Gasteiger partial charge in [0, 0.05) is 27.4 Å². The van der Waals surface area contributed by atoms with Crippen molar-refractivity contribution in [2.45, 2.75) is 6.92 Å². The third-order valence-electron chi connectivity index (χ3n) is 2.50. The lowest BCUT2D eigenvalue weighted by Crippen LogP contribution is -1.99. The quantitative estimate of drug-likeness (QED) is 0.653. The largest absolute Gasteiger partial charge is 0.288 e. The van der Waals surface area contributed by atoms with Gasteiger partial charge in [0.2, 0.25) is 5.78 Å². The maximum absolute atomic E-state index is 12.2. The Labute approximate surface area is 107 Å². The van der Waals surface area contributed by atoms with E-state index in [9.17, 15) is 4.79 Å². The summed E-state index contributed by atoms with van der Waals surface area (Å²) in [6.45, 7) is 1.94. The van der Waals surface area contributed by atoms with Gasteiger partial charge in [-0.2, -0.15) is 0 Å². The van der Waals surface area contributed by atoms with Gasteiger partial charge in [0.25, 0.3) is 0 Å². The highest BCUT2D eigenvalue weighted by Gasteiger charge is 2.13. The van der Waals surface area contributed by atoms with Crippen LogP contribution in [0.1, 0.15) is 20.8 Å². The van der Waals surface area contributed by atoms with Crippen molar-refractivity contribution in [1.82, 2.24) is 4.98 Å². The molecule has 0 spiro atoms. The van der Waals surface area contributed by atoms with Gasteiger partial charge < -0.3 is 0 Å². The van der Waals surface area contributed by atoms with E-state index in [1.54, 1.807) is 35.1 Å². The van der Waals surface area contributed by atoms with Crippen LogP contribution < -0.4 is 0 Å². The van der Waals surface area contributed by atoms with E-state index in [1.165, 1.54) is 9.40 Å². The Morgan fingerprint density at radius 3 is 2.88 bits per heavy atom. The molecule has 2 nitrogen and oxygen atoms in total. The van der Waals surface area contributed by atoms with Gasteiger partial charge in [-0.3, -0.25) is 9.78 Å². The van der Waals surface area contributed by atoms with Gasteiger partial charge in [-0.25, -0.2) is 0 Å². The molecule has 0 saturated carbocycles. The van der Waals surface area contributed by atoms with E-state index in [-0.39, 0.29) is 5.78 Å². The Kier molecular flexibility index (Phi) is 2.53. The number of rotatable bonds is 2. The summed E-state index contributed by atoms with van der Waals surface area (Å²) in [7, 11) is 0. The highest BCUT2D eigenvalue weighted by molar-refractivity contribution is 7.28. The second-order valence-corrected chi connectivity index (χ2v) is 5.87. The molecular weight excluding hydrogens is 250 g/mol. The maximum Gasteiger partial charge on any atom is 0.204 e. The van der Waals surface area contributed by atoms with Gasteiger partial charge in [0.05, 0.1) is 4.88 Å². The summed E-state index contributed by atoms with van der Waals surface area (Å²) in [6, 6.07) is 5.90. The highest BCUT2D eigenvalue weighted by Crippen LogP contribution is 2.31. The minimum absolute atomic E-state index is 0.0644. The monoisotopic (exact) mass is 259 g/mol. The fraction of sp³-hybridized carbons (Fsp3) is 0.0769. The molecule has 3 aromatic heterocycles. The van der Waals surface area contributed by atoms with E-state index >= 15 is 0 Å². The van der Waals surface area contributed by atoms with Gasteiger partial charge in [-0.1, -0.05) is 0 Å². The van der Waals surface area contributed by atoms with Crippen LogP contribution in [-0.4, -0.2) is 10.8 Å². The van der Waals surface area contributed by atoms with Gasteiger partial charge in [0.15, 0.2) is 0 Å². The number of pyridine rings is 1. The Morgan fingerprint density at radius 2 is 2.12 bits per heavy atom. The third-order valence-corrected chi connectivity index (χ3v) is 4.59. The lowest BCUT2D eigenvalue weighted by molar-refractivity contribution is 0.104. The van der Waals surface area contributed by atoms with Crippen molar-refractivity contribution in [2.24, 2.45) is 0 Å². The van der Waals surface area contributed by atoms with Crippen LogP contribution in [0.4, 0.5) is 0 Å². The standard InChI is InChI=1S/C13H9NOS2/c1-8-4-9(7-14-6-8)13(15)12-5-11-10(17-12)2-3-16-11/h2-7H,1H3. The normalized spacial score (nSPS) is 10.9. The fourth-order valence-corrected chi connectivity index (χ4v) is 3.77. The van der Waals surface area contributed by atoms with Gasteiger partial charge in [-0.15, -0.1) is 22.7 Å². The summed E-state index contributed by atoms with van der Waals surface area (Å²) >= 11 is 3.21. The number of aromatic nitrogens is 1.